The fraction of sp³-hybridized carbons (Fsp3) is 0.182. The predicted molar refractivity (Wildman–Crippen MR) is 64.7 cm³/mol. The number of hydrogen-bond donors (Lipinski definition) is 2. The number of amides is 1. The van der Waals surface area contributed by atoms with Crippen molar-refractivity contribution < 1.29 is 19.1 Å². The summed E-state index contributed by atoms with van der Waals surface area (Å²) in [5, 5.41) is 19.2. The van der Waals surface area contributed by atoms with Crippen molar-refractivity contribution in [1.29, 1.82) is 5.26 Å². The lowest BCUT2D eigenvalue weighted by Crippen LogP contribution is -2.16. The van der Waals surface area contributed by atoms with Gasteiger partial charge in [0.25, 0.3) is 0 Å². The number of nitrogens with zero attached hydrogens (tertiary/aromatic N) is 1. The summed E-state index contributed by atoms with van der Waals surface area (Å²) in [6.45, 7) is 0. The molecule has 0 aliphatic rings. The number of rotatable bonds is 5. The van der Waals surface area contributed by atoms with Crippen LogP contribution in [0.15, 0.2) is 18.2 Å². The molecule has 0 fully saturated rings. The zero-order chi connectivity index (χ0) is 13.5. The Bertz CT molecular complexity index is 514. The van der Waals surface area contributed by atoms with Gasteiger partial charge in [-0.25, -0.2) is 4.39 Å². The van der Waals surface area contributed by atoms with E-state index in [-0.39, 0.29) is 22.8 Å². The maximum absolute atomic E-state index is 13.4. The molecule has 0 saturated carbocycles. The molecule has 18 heavy (non-hydrogen) atoms. The minimum absolute atomic E-state index is 0.0325. The SMILES string of the molecule is N#Cc1ccc(NC(=O)CSCC(=O)O)c(F)c1. The third kappa shape index (κ3) is 4.43. The van der Waals surface area contributed by atoms with Gasteiger partial charge in [0.05, 0.1) is 28.8 Å². The second kappa shape index (κ2) is 6.61. The second-order valence-electron chi connectivity index (χ2n) is 3.24. The Morgan fingerprint density at radius 1 is 1.44 bits per heavy atom. The van der Waals surface area contributed by atoms with Gasteiger partial charge in [0.2, 0.25) is 5.91 Å². The number of carbonyl (C=O) groups is 2. The van der Waals surface area contributed by atoms with Crippen LogP contribution >= 0.6 is 11.8 Å². The zero-order valence-corrected chi connectivity index (χ0v) is 9.96. The Hall–Kier alpha value is -2.07. The van der Waals surface area contributed by atoms with E-state index in [1.165, 1.54) is 12.1 Å². The first kappa shape index (κ1) is 14.0. The Kier molecular flexibility index (Phi) is 5.14. The molecule has 0 spiro atoms. The molecule has 7 heteroatoms. The molecular weight excluding hydrogens is 259 g/mol. The number of carbonyl (C=O) groups excluding carboxylic acids is 1. The van der Waals surface area contributed by atoms with Gasteiger partial charge >= 0.3 is 5.97 Å². The van der Waals surface area contributed by atoms with Crippen LogP contribution in [0, 0.1) is 17.1 Å². The topological polar surface area (TPSA) is 90.2 Å². The number of hydrogen-bond acceptors (Lipinski definition) is 4. The van der Waals surface area contributed by atoms with Gasteiger partial charge in [-0.05, 0) is 18.2 Å². The van der Waals surface area contributed by atoms with Crippen LogP contribution < -0.4 is 5.32 Å². The molecule has 5 nitrogen and oxygen atoms in total. The number of nitrogens with one attached hydrogen (secondary N) is 1. The van der Waals surface area contributed by atoms with Gasteiger partial charge in [-0.2, -0.15) is 5.26 Å². The van der Waals surface area contributed by atoms with Crippen molar-refractivity contribution in [2.45, 2.75) is 0 Å². The van der Waals surface area contributed by atoms with Crippen molar-refractivity contribution in [3.8, 4) is 6.07 Å². The lowest BCUT2D eigenvalue weighted by atomic mass is 10.2. The number of nitriles is 1. The maximum Gasteiger partial charge on any atom is 0.313 e. The van der Waals surface area contributed by atoms with Gasteiger partial charge < -0.3 is 10.4 Å². The van der Waals surface area contributed by atoms with Gasteiger partial charge in [0, 0.05) is 0 Å². The van der Waals surface area contributed by atoms with Gasteiger partial charge in [-0.3, -0.25) is 9.59 Å². The average molecular weight is 268 g/mol. The molecule has 0 atom stereocenters. The van der Waals surface area contributed by atoms with Crippen LogP contribution in [-0.2, 0) is 9.59 Å². The molecule has 0 aromatic heterocycles. The van der Waals surface area contributed by atoms with Crippen LogP contribution in [-0.4, -0.2) is 28.5 Å². The van der Waals surface area contributed by atoms with E-state index in [2.05, 4.69) is 5.32 Å². The molecule has 1 aromatic rings. The number of anilines is 1. The van der Waals surface area contributed by atoms with Gasteiger partial charge in [0.15, 0.2) is 0 Å². The van der Waals surface area contributed by atoms with Crippen molar-refractivity contribution >= 4 is 29.3 Å². The summed E-state index contributed by atoms with van der Waals surface area (Å²) in [5.41, 5.74) is 0.126. The van der Waals surface area contributed by atoms with Crippen LogP contribution in [0.25, 0.3) is 0 Å². The van der Waals surface area contributed by atoms with E-state index < -0.39 is 17.7 Å². The first-order valence-electron chi connectivity index (χ1n) is 4.82. The number of carboxylic acid groups (broad SMARTS) is 1. The molecule has 0 aliphatic carbocycles. The fourth-order valence-electron chi connectivity index (χ4n) is 1.10. The normalized spacial score (nSPS) is 9.56. The quantitative estimate of drug-likeness (QED) is 0.843. The van der Waals surface area contributed by atoms with E-state index in [9.17, 15) is 14.0 Å². The summed E-state index contributed by atoms with van der Waals surface area (Å²) in [6, 6.07) is 5.45. The lowest BCUT2D eigenvalue weighted by molar-refractivity contribution is -0.133. The Morgan fingerprint density at radius 2 is 2.17 bits per heavy atom. The first-order valence-corrected chi connectivity index (χ1v) is 5.97. The van der Waals surface area contributed by atoms with Crippen molar-refractivity contribution in [3.63, 3.8) is 0 Å². The van der Waals surface area contributed by atoms with Gasteiger partial charge in [-0.15, -0.1) is 11.8 Å². The molecule has 0 heterocycles. The van der Waals surface area contributed by atoms with Crippen LogP contribution in [0.2, 0.25) is 0 Å². The van der Waals surface area contributed by atoms with E-state index in [1.807, 2.05) is 0 Å². The van der Waals surface area contributed by atoms with E-state index in [4.69, 9.17) is 10.4 Å². The summed E-state index contributed by atoms with van der Waals surface area (Å²) in [7, 11) is 0. The number of carboxylic acids is 1. The molecule has 1 aromatic carbocycles. The monoisotopic (exact) mass is 268 g/mol. The first-order chi connectivity index (χ1) is 8.52. The molecule has 0 unspecified atom stereocenters. The molecule has 0 aliphatic heterocycles. The number of halogens is 1. The summed E-state index contributed by atoms with van der Waals surface area (Å²) in [5.74, 6) is -2.48. The second-order valence-corrected chi connectivity index (χ2v) is 4.23. The fourth-order valence-corrected chi connectivity index (χ4v) is 1.64. The highest BCUT2D eigenvalue weighted by atomic mass is 32.2. The van der Waals surface area contributed by atoms with E-state index in [1.54, 1.807) is 6.07 Å². The molecule has 0 radical (unpaired) electrons. The minimum Gasteiger partial charge on any atom is -0.481 e. The standard InChI is InChI=1S/C11H9FN2O3S/c12-8-3-7(4-13)1-2-9(8)14-10(15)5-18-6-11(16)17/h1-3H,5-6H2,(H,14,15)(H,16,17). The van der Waals surface area contributed by atoms with Crippen molar-refractivity contribution in [2.24, 2.45) is 0 Å². The minimum atomic E-state index is -1.02. The average Bonchev–Trinajstić information content (AvgIpc) is 2.31. The third-order valence-corrected chi connectivity index (χ3v) is 2.75. The summed E-state index contributed by atoms with van der Waals surface area (Å²) in [6.07, 6.45) is 0. The molecule has 94 valence electrons. The van der Waals surface area contributed by atoms with Crippen LogP contribution in [0.1, 0.15) is 5.56 Å². The maximum atomic E-state index is 13.4. The Morgan fingerprint density at radius 3 is 2.72 bits per heavy atom. The lowest BCUT2D eigenvalue weighted by Gasteiger charge is -2.05. The van der Waals surface area contributed by atoms with E-state index in [0.717, 1.165) is 17.8 Å². The molecule has 2 N–H and O–H groups in total. The van der Waals surface area contributed by atoms with Gasteiger partial charge in [0.1, 0.15) is 5.82 Å². The van der Waals surface area contributed by atoms with Gasteiger partial charge in [-0.1, -0.05) is 0 Å². The number of aliphatic carboxylic acids is 1. The number of thioether (sulfide) groups is 1. The highest BCUT2D eigenvalue weighted by molar-refractivity contribution is 8.00. The van der Waals surface area contributed by atoms with Crippen molar-refractivity contribution in [3.05, 3.63) is 29.6 Å². The number of benzene rings is 1. The smallest absolute Gasteiger partial charge is 0.313 e. The summed E-state index contributed by atoms with van der Waals surface area (Å²) >= 11 is 0.916. The molecule has 0 saturated heterocycles. The van der Waals surface area contributed by atoms with E-state index in [0.29, 0.717) is 0 Å². The Balaban J connectivity index is 2.54. The largest absolute Gasteiger partial charge is 0.481 e. The molecule has 1 amide bonds. The molecule has 1 rings (SSSR count). The zero-order valence-electron chi connectivity index (χ0n) is 9.14. The van der Waals surface area contributed by atoms with Crippen LogP contribution in [0.5, 0.6) is 0 Å². The predicted octanol–water partition coefficient (Wildman–Crippen LogP) is 1.45. The Labute approximate surface area is 107 Å². The summed E-state index contributed by atoms with van der Waals surface area (Å²) in [4.78, 5) is 21.6. The van der Waals surface area contributed by atoms with E-state index >= 15 is 0 Å². The van der Waals surface area contributed by atoms with Crippen molar-refractivity contribution in [1.82, 2.24) is 0 Å². The highest BCUT2D eigenvalue weighted by Gasteiger charge is 2.08. The summed E-state index contributed by atoms with van der Waals surface area (Å²) < 4.78 is 13.4. The van der Waals surface area contributed by atoms with Crippen LogP contribution in [0.3, 0.4) is 0 Å². The third-order valence-electron chi connectivity index (χ3n) is 1.83. The van der Waals surface area contributed by atoms with Crippen molar-refractivity contribution in [2.75, 3.05) is 16.8 Å². The van der Waals surface area contributed by atoms with Crippen LogP contribution in [0.4, 0.5) is 10.1 Å². The molecule has 0 bridgehead atoms. The highest BCUT2D eigenvalue weighted by Crippen LogP contribution is 2.15. The molecular formula is C11H9FN2O3S.